The second kappa shape index (κ2) is 5.87. The first-order valence-corrected chi connectivity index (χ1v) is 5.33. The molecule has 0 fully saturated rings. The van der Waals surface area contributed by atoms with Crippen LogP contribution in [-0.4, -0.2) is 26.6 Å². The number of hydrogen-bond donors (Lipinski definition) is 0. The molecule has 0 unspecified atom stereocenters. The molecule has 90 valence electrons. The third-order valence-corrected chi connectivity index (χ3v) is 2.36. The van der Waals surface area contributed by atoms with Crippen LogP contribution < -0.4 is 4.74 Å². The molecule has 0 aliphatic heterocycles. The van der Waals surface area contributed by atoms with Crippen molar-refractivity contribution in [2.24, 2.45) is 0 Å². The molecule has 0 aliphatic carbocycles. The van der Waals surface area contributed by atoms with Gasteiger partial charge in [-0.15, -0.1) is 0 Å². The summed E-state index contributed by atoms with van der Waals surface area (Å²) in [6.07, 6.45) is 0.848. The molecule has 0 aromatic heterocycles. The summed E-state index contributed by atoms with van der Waals surface area (Å²) in [5.41, 5.74) is 1.01. The van der Waals surface area contributed by atoms with E-state index in [9.17, 15) is 0 Å². The van der Waals surface area contributed by atoms with Gasteiger partial charge in [0.25, 0.3) is 0 Å². The second-order valence-electron chi connectivity index (χ2n) is 4.34. The van der Waals surface area contributed by atoms with Crippen LogP contribution in [0.15, 0.2) is 24.3 Å². The summed E-state index contributed by atoms with van der Waals surface area (Å²) >= 11 is 0. The minimum atomic E-state index is -0.218. The van der Waals surface area contributed by atoms with Gasteiger partial charge in [0.2, 0.25) is 0 Å². The van der Waals surface area contributed by atoms with E-state index in [4.69, 9.17) is 14.2 Å². The van der Waals surface area contributed by atoms with Gasteiger partial charge in [-0.2, -0.15) is 0 Å². The maximum absolute atomic E-state index is 5.59. The molecule has 0 saturated heterocycles. The summed E-state index contributed by atoms with van der Waals surface area (Å²) in [5, 5.41) is 0. The predicted octanol–water partition coefficient (Wildman–Crippen LogP) is 2.64. The normalized spacial score (nSPS) is 11.5. The quantitative estimate of drug-likeness (QED) is 0.695. The van der Waals surface area contributed by atoms with Crippen LogP contribution in [-0.2, 0) is 15.9 Å². The molecule has 0 atom stereocenters. The maximum Gasteiger partial charge on any atom is 0.147 e. The molecule has 0 N–H and O–H groups in total. The van der Waals surface area contributed by atoms with Crippen LogP contribution in [0, 0.1) is 0 Å². The van der Waals surface area contributed by atoms with Crippen molar-refractivity contribution >= 4 is 0 Å². The van der Waals surface area contributed by atoms with Crippen LogP contribution in [0.1, 0.15) is 19.4 Å². The van der Waals surface area contributed by atoms with Crippen molar-refractivity contribution in [2.75, 3.05) is 21.0 Å². The number of hydrogen-bond acceptors (Lipinski definition) is 3. The van der Waals surface area contributed by atoms with E-state index in [1.165, 1.54) is 5.56 Å². The van der Waals surface area contributed by atoms with Gasteiger partial charge in [-0.05, 0) is 31.5 Å². The van der Waals surface area contributed by atoms with Crippen molar-refractivity contribution in [3.63, 3.8) is 0 Å². The summed E-state index contributed by atoms with van der Waals surface area (Å²) in [7, 11) is 3.30. The van der Waals surface area contributed by atoms with Gasteiger partial charge >= 0.3 is 0 Å². The van der Waals surface area contributed by atoms with Crippen molar-refractivity contribution in [3.05, 3.63) is 29.8 Å². The van der Waals surface area contributed by atoms with Gasteiger partial charge < -0.3 is 14.2 Å². The van der Waals surface area contributed by atoms with Gasteiger partial charge in [0.1, 0.15) is 12.5 Å². The third kappa shape index (κ3) is 4.21. The lowest BCUT2D eigenvalue weighted by Crippen LogP contribution is -2.28. The highest BCUT2D eigenvalue weighted by Gasteiger charge is 2.18. The largest absolute Gasteiger partial charge is 0.497 e. The highest BCUT2D eigenvalue weighted by atomic mass is 16.7. The number of benzene rings is 1. The van der Waals surface area contributed by atoms with E-state index in [2.05, 4.69) is 26.0 Å². The van der Waals surface area contributed by atoms with E-state index in [1.54, 1.807) is 14.2 Å². The van der Waals surface area contributed by atoms with Crippen LogP contribution in [0.3, 0.4) is 0 Å². The van der Waals surface area contributed by atoms with Gasteiger partial charge in [0.15, 0.2) is 0 Å². The Kier molecular flexibility index (Phi) is 4.77. The lowest BCUT2D eigenvalue weighted by molar-refractivity contribution is -0.113. The highest BCUT2D eigenvalue weighted by Crippen LogP contribution is 2.19. The fourth-order valence-electron chi connectivity index (χ4n) is 1.50. The molecule has 0 aliphatic rings. The van der Waals surface area contributed by atoms with E-state index in [0.717, 1.165) is 12.2 Å². The lowest BCUT2D eigenvalue weighted by Gasteiger charge is -2.24. The number of ether oxygens (including phenoxy) is 3. The molecule has 0 spiro atoms. The Labute approximate surface area is 97.3 Å². The molecule has 1 aromatic carbocycles. The van der Waals surface area contributed by atoms with E-state index in [0.29, 0.717) is 6.79 Å². The Hall–Kier alpha value is -1.06. The van der Waals surface area contributed by atoms with Crippen molar-refractivity contribution in [2.45, 2.75) is 25.9 Å². The second-order valence-corrected chi connectivity index (χ2v) is 4.34. The maximum atomic E-state index is 5.59. The van der Waals surface area contributed by atoms with Crippen molar-refractivity contribution in [3.8, 4) is 5.75 Å². The molecule has 0 heterocycles. The molecule has 3 heteroatoms. The summed E-state index contributed by atoms with van der Waals surface area (Å²) in [5.74, 6) is 0.874. The average Bonchev–Trinajstić information content (AvgIpc) is 2.27. The fourth-order valence-corrected chi connectivity index (χ4v) is 1.50. The van der Waals surface area contributed by atoms with Crippen molar-refractivity contribution in [1.29, 1.82) is 0 Å². The topological polar surface area (TPSA) is 27.7 Å². The molecular formula is C13H20O3. The van der Waals surface area contributed by atoms with E-state index >= 15 is 0 Å². The first-order valence-electron chi connectivity index (χ1n) is 5.33. The molecular weight excluding hydrogens is 204 g/mol. The SMILES string of the molecule is COCOC(C)(C)Cc1ccc(OC)cc1. The molecule has 0 amide bonds. The van der Waals surface area contributed by atoms with Crippen LogP contribution in [0.2, 0.25) is 0 Å². The van der Waals surface area contributed by atoms with E-state index < -0.39 is 0 Å². The molecule has 0 radical (unpaired) electrons. The van der Waals surface area contributed by atoms with Crippen molar-refractivity contribution < 1.29 is 14.2 Å². The third-order valence-electron chi connectivity index (χ3n) is 2.36. The molecule has 1 aromatic rings. The standard InChI is InChI=1S/C13H20O3/c1-13(2,16-10-14-3)9-11-5-7-12(15-4)8-6-11/h5-8H,9-10H2,1-4H3. The molecule has 16 heavy (non-hydrogen) atoms. The van der Waals surface area contributed by atoms with Gasteiger partial charge in [-0.25, -0.2) is 0 Å². The Morgan fingerprint density at radius 2 is 1.69 bits per heavy atom. The van der Waals surface area contributed by atoms with Gasteiger partial charge in [0, 0.05) is 13.5 Å². The Morgan fingerprint density at radius 1 is 1.06 bits per heavy atom. The molecule has 1 rings (SSSR count). The van der Waals surface area contributed by atoms with Crippen LogP contribution in [0.5, 0.6) is 5.75 Å². The highest BCUT2D eigenvalue weighted by molar-refractivity contribution is 5.27. The molecule has 3 nitrogen and oxygen atoms in total. The summed E-state index contributed by atoms with van der Waals surface area (Å²) < 4.78 is 15.6. The van der Waals surface area contributed by atoms with Crippen LogP contribution in [0.4, 0.5) is 0 Å². The number of methoxy groups -OCH3 is 2. The first kappa shape index (κ1) is 13.0. The summed E-state index contributed by atoms with van der Waals surface area (Å²) in [6.45, 7) is 4.43. The summed E-state index contributed by atoms with van der Waals surface area (Å²) in [6, 6.07) is 8.02. The molecule has 0 saturated carbocycles. The number of rotatable bonds is 6. The monoisotopic (exact) mass is 224 g/mol. The zero-order valence-electron chi connectivity index (χ0n) is 10.4. The Morgan fingerprint density at radius 3 is 2.19 bits per heavy atom. The Bertz CT molecular complexity index is 303. The van der Waals surface area contributed by atoms with Gasteiger partial charge in [-0.3, -0.25) is 0 Å². The zero-order valence-corrected chi connectivity index (χ0v) is 10.4. The average molecular weight is 224 g/mol. The van der Waals surface area contributed by atoms with E-state index in [1.807, 2.05) is 12.1 Å². The minimum absolute atomic E-state index is 0.218. The first-order chi connectivity index (χ1) is 7.57. The van der Waals surface area contributed by atoms with Crippen LogP contribution >= 0.6 is 0 Å². The molecule has 0 bridgehead atoms. The van der Waals surface area contributed by atoms with Crippen LogP contribution in [0.25, 0.3) is 0 Å². The summed E-state index contributed by atoms with van der Waals surface area (Å²) in [4.78, 5) is 0. The van der Waals surface area contributed by atoms with Crippen molar-refractivity contribution in [1.82, 2.24) is 0 Å². The fraction of sp³-hybridized carbons (Fsp3) is 0.538. The zero-order chi connectivity index (χ0) is 12.0. The Balaban J connectivity index is 2.57. The smallest absolute Gasteiger partial charge is 0.147 e. The van der Waals surface area contributed by atoms with Gasteiger partial charge in [0.05, 0.1) is 12.7 Å². The lowest BCUT2D eigenvalue weighted by atomic mass is 9.98. The van der Waals surface area contributed by atoms with Gasteiger partial charge in [-0.1, -0.05) is 12.1 Å². The predicted molar refractivity (Wildman–Crippen MR) is 63.7 cm³/mol. The van der Waals surface area contributed by atoms with E-state index in [-0.39, 0.29) is 5.60 Å². The minimum Gasteiger partial charge on any atom is -0.497 e.